The lowest BCUT2D eigenvalue weighted by atomic mass is 9.90. The minimum Gasteiger partial charge on any atom is -0.465 e. The summed E-state index contributed by atoms with van der Waals surface area (Å²) in [5.41, 5.74) is -0.599. The van der Waals surface area contributed by atoms with E-state index in [1.54, 1.807) is 6.08 Å². The van der Waals surface area contributed by atoms with Crippen molar-refractivity contribution >= 4 is 5.97 Å². The SMILES string of the molecule is C=CCNC(C)(CC(C)C)C(=O)OCC. The monoisotopic (exact) mass is 213 g/mol. The highest BCUT2D eigenvalue weighted by Crippen LogP contribution is 2.18. The van der Waals surface area contributed by atoms with E-state index in [0.717, 1.165) is 6.42 Å². The van der Waals surface area contributed by atoms with Crippen LogP contribution < -0.4 is 5.32 Å². The second-order valence-electron chi connectivity index (χ2n) is 4.32. The highest BCUT2D eigenvalue weighted by molar-refractivity contribution is 5.80. The molecular weight excluding hydrogens is 190 g/mol. The Morgan fingerprint density at radius 2 is 2.20 bits per heavy atom. The minimum atomic E-state index is -0.599. The summed E-state index contributed by atoms with van der Waals surface area (Å²) in [5, 5.41) is 3.17. The molecule has 0 aliphatic heterocycles. The molecule has 0 aliphatic carbocycles. The number of carbonyl (C=O) groups excluding carboxylic acids is 1. The first-order chi connectivity index (χ1) is 6.96. The zero-order valence-electron chi connectivity index (χ0n) is 10.3. The Labute approximate surface area is 92.9 Å². The number of rotatable bonds is 7. The van der Waals surface area contributed by atoms with Crippen molar-refractivity contribution in [1.82, 2.24) is 5.32 Å². The van der Waals surface area contributed by atoms with E-state index in [2.05, 4.69) is 25.7 Å². The molecule has 0 radical (unpaired) electrons. The van der Waals surface area contributed by atoms with E-state index in [0.29, 0.717) is 19.1 Å². The largest absolute Gasteiger partial charge is 0.465 e. The maximum absolute atomic E-state index is 11.8. The first kappa shape index (κ1) is 14.2. The molecule has 0 aromatic carbocycles. The van der Waals surface area contributed by atoms with Crippen LogP contribution in [0.25, 0.3) is 0 Å². The van der Waals surface area contributed by atoms with Crippen molar-refractivity contribution < 1.29 is 9.53 Å². The third-order valence-electron chi connectivity index (χ3n) is 2.18. The van der Waals surface area contributed by atoms with E-state index < -0.39 is 5.54 Å². The van der Waals surface area contributed by atoms with Crippen LogP contribution in [-0.2, 0) is 9.53 Å². The van der Waals surface area contributed by atoms with Gasteiger partial charge in [0.2, 0.25) is 0 Å². The molecule has 3 nitrogen and oxygen atoms in total. The molecule has 1 atom stereocenters. The van der Waals surface area contributed by atoms with Crippen molar-refractivity contribution in [2.24, 2.45) is 5.92 Å². The summed E-state index contributed by atoms with van der Waals surface area (Å²) < 4.78 is 5.07. The van der Waals surface area contributed by atoms with Crippen molar-refractivity contribution in [3.8, 4) is 0 Å². The summed E-state index contributed by atoms with van der Waals surface area (Å²) in [5.74, 6) is 0.261. The van der Waals surface area contributed by atoms with Gasteiger partial charge in [-0.2, -0.15) is 0 Å². The van der Waals surface area contributed by atoms with Gasteiger partial charge in [0.1, 0.15) is 5.54 Å². The predicted molar refractivity (Wildman–Crippen MR) is 62.7 cm³/mol. The molecule has 0 fully saturated rings. The van der Waals surface area contributed by atoms with Gasteiger partial charge in [-0.25, -0.2) is 0 Å². The summed E-state index contributed by atoms with van der Waals surface area (Å²) >= 11 is 0. The summed E-state index contributed by atoms with van der Waals surface area (Å²) in [7, 11) is 0. The van der Waals surface area contributed by atoms with Crippen LogP contribution in [-0.4, -0.2) is 24.7 Å². The zero-order valence-corrected chi connectivity index (χ0v) is 10.3. The van der Waals surface area contributed by atoms with Crippen LogP contribution in [0.1, 0.15) is 34.1 Å². The van der Waals surface area contributed by atoms with Crippen molar-refractivity contribution in [2.45, 2.75) is 39.7 Å². The van der Waals surface area contributed by atoms with Gasteiger partial charge >= 0.3 is 5.97 Å². The third kappa shape index (κ3) is 4.98. The van der Waals surface area contributed by atoms with Crippen molar-refractivity contribution in [1.29, 1.82) is 0 Å². The van der Waals surface area contributed by atoms with Gasteiger partial charge in [-0.1, -0.05) is 19.9 Å². The van der Waals surface area contributed by atoms with E-state index in [1.807, 2.05) is 13.8 Å². The molecule has 0 amide bonds. The average molecular weight is 213 g/mol. The van der Waals surface area contributed by atoms with Crippen LogP contribution >= 0.6 is 0 Å². The molecule has 0 heterocycles. The highest BCUT2D eigenvalue weighted by Gasteiger charge is 2.34. The third-order valence-corrected chi connectivity index (χ3v) is 2.18. The van der Waals surface area contributed by atoms with Crippen LogP contribution in [0.2, 0.25) is 0 Å². The fraction of sp³-hybridized carbons (Fsp3) is 0.750. The average Bonchev–Trinajstić information content (AvgIpc) is 2.14. The molecule has 0 saturated heterocycles. The Hall–Kier alpha value is -0.830. The van der Waals surface area contributed by atoms with Crippen LogP contribution in [0, 0.1) is 5.92 Å². The molecule has 15 heavy (non-hydrogen) atoms. The second-order valence-corrected chi connectivity index (χ2v) is 4.32. The molecule has 0 spiro atoms. The Morgan fingerprint density at radius 3 is 2.60 bits per heavy atom. The fourth-order valence-electron chi connectivity index (χ4n) is 1.63. The van der Waals surface area contributed by atoms with E-state index in [1.165, 1.54) is 0 Å². The lowest BCUT2D eigenvalue weighted by Gasteiger charge is -2.29. The first-order valence-corrected chi connectivity index (χ1v) is 5.49. The van der Waals surface area contributed by atoms with E-state index in [4.69, 9.17) is 4.74 Å². The lowest BCUT2D eigenvalue weighted by Crippen LogP contribution is -2.51. The number of hydrogen-bond acceptors (Lipinski definition) is 3. The van der Waals surface area contributed by atoms with Crippen molar-refractivity contribution in [2.75, 3.05) is 13.2 Å². The molecule has 0 aliphatic rings. The summed E-state index contributed by atoms with van der Waals surface area (Å²) in [6.45, 7) is 12.6. The Bertz CT molecular complexity index is 214. The van der Waals surface area contributed by atoms with Gasteiger partial charge in [-0.05, 0) is 26.2 Å². The Morgan fingerprint density at radius 1 is 1.60 bits per heavy atom. The smallest absolute Gasteiger partial charge is 0.326 e. The molecule has 0 rings (SSSR count). The summed E-state index contributed by atoms with van der Waals surface area (Å²) in [6.07, 6.45) is 2.51. The van der Waals surface area contributed by atoms with E-state index in [-0.39, 0.29) is 5.97 Å². The number of nitrogens with one attached hydrogen (secondary N) is 1. The quantitative estimate of drug-likeness (QED) is 0.520. The normalized spacial score (nSPS) is 14.7. The van der Waals surface area contributed by atoms with Crippen molar-refractivity contribution in [3.63, 3.8) is 0 Å². The standard InChI is InChI=1S/C12H23NO2/c1-6-8-13-12(5,9-10(3)4)11(14)15-7-2/h6,10,13H,1,7-9H2,2-5H3. The van der Waals surface area contributed by atoms with Gasteiger partial charge in [0.05, 0.1) is 6.61 Å². The molecule has 0 saturated carbocycles. The Kier molecular flexibility index (Phi) is 6.25. The maximum atomic E-state index is 11.8. The van der Waals surface area contributed by atoms with Crippen LogP contribution in [0.4, 0.5) is 0 Å². The van der Waals surface area contributed by atoms with Gasteiger partial charge in [0.15, 0.2) is 0 Å². The zero-order chi connectivity index (χ0) is 11.9. The highest BCUT2D eigenvalue weighted by atomic mass is 16.5. The van der Waals surface area contributed by atoms with Gasteiger partial charge in [0.25, 0.3) is 0 Å². The van der Waals surface area contributed by atoms with Crippen LogP contribution in [0.15, 0.2) is 12.7 Å². The topological polar surface area (TPSA) is 38.3 Å². The molecule has 1 N–H and O–H groups in total. The first-order valence-electron chi connectivity index (χ1n) is 5.49. The lowest BCUT2D eigenvalue weighted by molar-refractivity contribution is -0.151. The molecule has 88 valence electrons. The predicted octanol–water partition coefficient (Wildman–Crippen LogP) is 2.13. The fourth-order valence-corrected chi connectivity index (χ4v) is 1.63. The van der Waals surface area contributed by atoms with Gasteiger partial charge in [-0.15, -0.1) is 6.58 Å². The van der Waals surface area contributed by atoms with Crippen molar-refractivity contribution in [3.05, 3.63) is 12.7 Å². The molecule has 3 heteroatoms. The van der Waals surface area contributed by atoms with Crippen LogP contribution in [0.3, 0.4) is 0 Å². The van der Waals surface area contributed by atoms with Crippen LogP contribution in [0.5, 0.6) is 0 Å². The Balaban J connectivity index is 4.51. The van der Waals surface area contributed by atoms with Gasteiger partial charge in [0, 0.05) is 6.54 Å². The van der Waals surface area contributed by atoms with Gasteiger partial charge < -0.3 is 4.74 Å². The van der Waals surface area contributed by atoms with E-state index >= 15 is 0 Å². The number of carbonyl (C=O) groups is 1. The number of hydrogen-bond donors (Lipinski definition) is 1. The molecule has 0 aromatic rings. The number of ether oxygens (including phenoxy) is 1. The molecule has 1 unspecified atom stereocenters. The summed E-state index contributed by atoms with van der Waals surface area (Å²) in [6, 6.07) is 0. The van der Waals surface area contributed by atoms with Gasteiger partial charge in [-0.3, -0.25) is 10.1 Å². The minimum absolute atomic E-state index is 0.180. The number of esters is 1. The summed E-state index contributed by atoms with van der Waals surface area (Å²) in [4.78, 5) is 11.8. The molecular formula is C12H23NO2. The second kappa shape index (κ2) is 6.62. The maximum Gasteiger partial charge on any atom is 0.326 e. The molecule has 0 aromatic heterocycles. The van der Waals surface area contributed by atoms with E-state index in [9.17, 15) is 4.79 Å². The molecule has 0 bridgehead atoms.